The number of methoxy groups -OCH3 is 2. The normalized spacial score (nSPS) is 18.6. The first kappa shape index (κ1) is 21.4. The van der Waals surface area contributed by atoms with Crippen LogP contribution in [0.25, 0.3) is 10.2 Å². The van der Waals surface area contributed by atoms with E-state index >= 15 is 0 Å². The third-order valence-corrected chi connectivity index (χ3v) is 7.21. The lowest BCUT2D eigenvalue weighted by Crippen LogP contribution is -2.41. The van der Waals surface area contributed by atoms with Gasteiger partial charge in [0.15, 0.2) is 4.80 Å². The van der Waals surface area contributed by atoms with E-state index in [1.807, 2.05) is 0 Å². The summed E-state index contributed by atoms with van der Waals surface area (Å²) in [6.07, 6.45) is 7.92. The molecule has 1 fully saturated rings. The van der Waals surface area contributed by atoms with Crippen LogP contribution in [0.3, 0.4) is 0 Å². The van der Waals surface area contributed by atoms with Gasteiger partial charge in [0.05, 0.1) is 32.9 Å². The van der Waals surface area contributed by atoms with Crippen LogP contribution in [0.2, 0.25) is 0 Å². The van der Waals surface area contributed by atoms with Gasteiger partial charge in [0, 0.05) is 13.1 Å². The number of carbonyl (C=O) groups is 1. The van der Waals surface area contributed by atoms with E-state index in [1.165, 1.54) is 15.6 Å². The van der Waals surface area contributed by atoms with Crippen LogP contribution in [0, 0.1) is 18.3 Å². The highest BCUT2D eigenvalue weighted by Gasteiger charge is 2.30. The maximum Gasteiger partial charge on any atom is 0.252 e. The van der Waals surface area contributed by atoms with Gasteiger partial charge in [0.2, 0.25) is 10.0 Å². The molecule has 1 saturated heterocycles. The number of rotatable bonds is 5. The van der Waals surface area contributed by atoms with E-state index in [9.17, 15) is 13.2 Å². The van der Waals surface area contributed by atoms with Crippen LogP contribution in [0.1, 0.15) is 12.8 Å². The molecule has 2 heterocycles. The summed E-state index contributed by atoms with van der Waals surface area (Å²) >= 11 is 1.29. The Morgan fingerprint density at radius 1 is 1.34 bits per heavy atom. The number of hydrogen-bond donors (Lipinski definition) is 0. The molecule has 0 radical (unpaired) electrons. The molecule has 1 atom stereocenters. The highest BCUT2D eigenvalue weighted by molar-refractivity contribution is 7.88. The number of aromatic nitrogens is 1. The van der Waals surface area contributed by atoms with Gasteiger partial charge >= 0.3 is 0 Å². The molecule has 0 unspecified atom stereocenters. The highest BCUT2D eigenvalue weighted by Crippen LogP contribution is 2.35. The van der Waals surface area contributed by atoms with Crippen LogP contribution >= 0.6 is 11.3 Å². The molecule has 1 aromatic heterocycles. The third-order valence-electron chi connectivity index (χ3n) is 4.85. The maximum atomic E-state index is 12.9. The number of ether oxygens (including phenoxy) is 2. The van der Waals surface area contributed by atoms with Gasteiger partial charge in [-0.15, -0.1) is 6.42 Å². The molecule has 1 aliphatic heterocycles. The van der Waals surface area contributed by atoms with Crippen molar-refractivity contribution in [2.24, 2.45) is 10.9 Å². The predicted octanol–water partition coefficient (Wildman–Crippen LogP) is 1.45. The molecule has 29 heavy (non-hydrogen) atoms. The monoisotopic (exact) mass is 437 g/mol. The summed E-state index contributed by atoms with van der Waals surface area (Å²) in [6, 6.07) is 3.56. The summed E-state index contributed by atoms with van der Waals surface area (Å²) in [5.74, 6) is 2.98. The van der Waals surface area contributed by atoms with Gasteiger partial charge in [-0.3, -0.25) is 4.79 Å². The first-order valence-electron chi connectivity index (χ1n) is 9.01. The highest BCUT2D eigenvalue weighted by atomic mass is 32.2. The molecular weight excluding hydrogens is 414 g/mol. The van der Waals surface area contributed by atoms with Crippen molar-refractivity contribution < 1.29 is 22.7 Å². The van der Waals surface area contributed by atoms with Gasteiger partial charge in [0.1, 0.15) is 21.7 Å². The molecule has 1 aromatic carbocycles. The first-order chi connectivity index (χ1) is 13.8. The van der Waals surface area contributed by atoms with E-state index in [0.717, 1.165) is 11.0 Å². The van der Waals surface area contributed by atoms with Gasteiger partial charge in [-0.25, -0.2) is 12.7 Å². The zero-order valence-corrected chi connectivity index (χ0v) is 18.2. The Bertz CT molecular complexity index is 1140. The summed E-state index contributed by atoms with van der Waals surface area (Å²) < 4.78 is 38.4. The summed E-state index contributed by atoms with van der Waals surface area (Å²) in [4.78, 5) is 17.6. The second kappa shape index (κ2) is 8.57. The molecule has 0 N–H and O–H groups in total. The molecule has 8 nitrogen and oxygen atoms in total. The number of piperidine rings is 1. The molecule has 0 spiro atoms. The molecule has 156 valence electrons. The first-order valence-corrected chi connectivity index (χ1v) is 11.7. The Morgan fingerprint density at radius 3 is 2.66 bits per heavy atom. The lowest BCUT2D eigenvalue weighted by Gasteiger charge is -2.28. The van der Waals surface area contributed by atoms with Gasteiger partial charge in [-0.05, 0) is 25.0 Å². The Hall–Kier alpha value is -2.35. The van der Waals surface area contributed by atoms with Crippen LogP contribution in [0.5, 0.6) is 11.5 Å². The van der Waals surface area contributed by atoms with Gasteiger partial charge in [-0.1, -0.05) is 17.3 Å². The van der Waals surface area contributed by atoms with Gasteiger partial charge in [0.25, 0.3) is 5.91 Å². The van der Waals surface area contributed by atoms with E-state index in [1.54, 1.807) is 30.9 Å². The largest absolute Gasteiger partial charge is 0.495 e. The Kier molecular flexibility index (Phi) is 6.31. The van der Waals surface area contributed by atoms with Crippen molar-refractivity contribution in [3.8, 4) is 23.8 Å². The summed E-state index contributed by atoms with van der Waals surface area (Å²) in [6.45, 7) is 0.778. The fourth-order valence-electron chi connectivity index (χ4n) is 3.41. The topological polar surface area (TPSA) is 90.2 Å². The van der Waals surface area contributed by atoms with Crippen LogP contribution in [0.4, 0.5) is 0 Å². The molecule has 0 aliphatic carbocycles. The van der Waals surface area contributed by atoms with E-state index in [2.05, 4.69) is 10.9 Å². The second-order valence-corrected chi connectivity index (χ2v) is 9.69. The zero-order chi connectivity index (χ0) is 21.2. The van der Waals surface area contributed by atoms with Crippen molar-refractivity contribution in [3.63, 3.8) is 0 Å². The average Bonchev–Trinajstić information content (AvgIpc) is 3.05. The minimum atomic E-state index is -3.34. The molecule has 0 bridgehead atoms. The molecular formula is C19H23N3O5S2. The molecule has 0 saturated carbocycles. The van der Waals surface area contributed by atoms with Crippen LogP contribution in [-0.2, 0) is 21.4 Å². The Labute approximate surface area is 173 Å². The van der Waals surface area contributed by atoms with E-state index in [-0.39, 0.29) is 19.0 Å². The number of amides is 1. The molecule has 3 rings (SSSR count). The summed E-state index contributed by atoms with van der Waals surface area (Å²) in [5.41, 5.74) is 0.711. The van der Waals surface area contributed by atoms with Gasteiger partial charge in [-0.2, -0.15) is 4.99 Å². The Morgan fingerprint density at radius 2 is 2.03 bits per heavy atom. The van der Waals surface area contributed by atoms with E-state index in [0.29, 0.717) is 41.2 Å². The van der Waals surface area contributed by atoms with E-state index in [4.69, 9.17) is 15.9 Å². The maximum absolute atomic E-state index is 12.9. The number of terminal acetylenes is 1. The number of sulfonamides is 1. The van der Waals surface area contributed by atoms with Crippen LogP contribution in [0.15, 0.2) is 17.1 Å². The third kappa shape index (κ3) is 4.32. The van der Waals surface area contributed by atoms with Crippen molar-refractivity contribution in [2.45, 2.75) is 19.4 Å². The smallest absolute Gasteiger partial charge is 0.252 e. The average molecular weight is 438 g/mol. The summed E-state index contributed by atoms with van der Waals surface area (Å²) in [7, 11) is -0.219. The number of nitrogens with zero attached hydrogens (tertiary/aromatic N) is 3. The van der Waals surface area contributed by atoms with Gasteiger partial charge < -0.3 is 14.0 Å². The summed E-state index contributed by atoms with van der Waals surface area (Å²) in [5, 5.41) is 0. The molecule has 10 heteroatoms. The van der Waals surface area contributed by atoms with Crippen LogP contribution < -0.4 is 14.3 Å². The Balaban J connectivity index is 2.09. The number of fused-ring (bicyclic) bond motifs is 1. The lowest BCUT2D eigenvalue weighted by molar-refractivity contribution is -0.122. The molecule has 1 amide bonds. The standard InChI is InChI=1S/C19H23N3O5S2/c1-5-10-22-16-14(26-2)8-9-15(27-3)17(16)28-19(22)20-18(23)13-7-6-11-21(12-13)29(4,24)25/h1,8-9,13H,6-7,10-12H2,2-4H3/t13-/m1/s1. The minimum Gasteiger partial charge on any atom is -0.495 e. The lowest BCUT2D eigenvalue weighted by atomic mass is 9.99. The van der Waals surface area contributed by atoms with Crippen molar-refractivity contribution in [1.29, 1.82) is 0 Å². The fraction of sp³-hybridized carbons (Fsp3) is 0.474. The minimum absolute atomic E-state index is 0.147. The fourth-order valence-corrected chi connectivity index (χ4v) is 5.46. The number of benzene rings is 1. The number of carbonyl (C=O) groups excluding carboxylic acids is 1. The SMILES string of the molecule is C#CCn1c(=NC(=O)[C@@H]2CCCN(S(C)(=O)=O)C2)sc2c(OC)ccc(OC)c21. The van der Waals surface area contributed by atoms with Crippen molar-refractivity contribution in [2.75, 3.05) is 33.6 Å². The number of hydrogen-bond acceptors (Lipinski definition) is 6. The van der Waals surface area contributed by atoms with Crippen molar-refractivity contribution in [1.82, 2.24) is 8.87 Å². The quantitative estimate of drug-likeness (QED) is 0.661. The van der Waals surface area contributed by atoms with Crippen molar-refractivity contribution >= 4 is 37.5 Å². The molecule has 2 aromatic rings. The second-order valence-electron chi connectivity index (χ2n) is 6.73. The predicted molar refractivity (Wildman–Crippen MR) is 111 cm³/mol. The van der Waals surface area contributed by atoms with E-state index < -0.39 is 15.9 Å². The van der Waals surface area contributed by atoms with Crippen LogP contribution in [-0.4, -0.2) is 56.8 Å². The van der Waals surface area contributed by atoms with Crippen molar-refractivity contribution in [3.05, 3.63) is 16.9 Å². The zero-order valence-electron chi connectivity index (χ0n) is 16.5. The number of thiazole rings is 1. The molecule has 1 aliphatic rings.